The smallest absolute Gasteiger partial charge is 0.341 e. The maximum Gasteiger partial charge on any atom is 0.341 e. The lowest BCUT2D eigenvalue weighted by Crippen LogP contribution is -2.11. The molecule has 1 amide bonds. The zero-order valence-corrected chi connectivity index (χ0v) is 10.5. The van der Waals surface area contributed by atoms with Crippen LogP contribution in [0.4, 0.5) is 5.69 Å². The van der Waals surface area contributed by atoms with Gasteiger partial charge in [0.15, 0.2) is 0 Å². The summed E-state index contributed by atoms with van der Waals surface area (Å²) in [4.78, 5) is 22.8. The Labute approximate surface area is 106 Å². The second-order valence-corrected chi connectivity index (χ2v) is 3.75. The highest BCUT2D eigenvalue weighted by molar-refractivity contribution is 5.95. The van der Waals surface area contributed by atoms with E-state index in [2.05, 4.69) is 5.32 Å². The van der Waals surface area contributed by atoms with Gasteiger partial charge in [0.05, 0.1) is 6.61 Å². The summed E-state index contributed by atoms with van der Waals surface area (Å²) in [5, 5.41) is 12.3. The van der Waals surface area contributed by atoms with Crippen LogP contribution in [-0.2, 0) is 9.53 Å². The van der Waals surface area contributed by atoms with Gasteiger partial charge in [-0.25, -0.2) is 4.79 Å². The van der Waals surface area contributed by atoms with Gasteiger partial charge in [-0.05, 0) is 25.5 Å². The molecule has 1 aromatic rings. The van der Waals surface area contributed by atoms with Crippen molar-refractivity contribution in [2.75, 3.05) is 11.9 Å². The van der Waals surface area contributed by atoms with E-state index >= 15 is 0 Å². The Bertz CT molecular complexity index is 443. The summed E-state index contributed by atoms with van der Waals surface area (Å²) in [5.41, 5.74) is 0.546. The number of benzene rings is 1. The molecule has 0 radical (unpaired) electrons. The lowest BCUT2D eigenvalue weighted by molar-refractivity contribution is -0.116. The SMILES string of the molecule is CCCC(=O)Nc1ccc(C(=O)OCC)c(O)c1. The van der Waals surface area contributed by atoms with Crippen molar-refractivity contribution in [3.63, 3.8) is 0 Å². The molecule has 0 atom stereocenters. The molecule has 18 heavy (non-hydrogen) atoms. The molecule has 1 rings (SSSR count). The zero-order valence-electron chi connectivity index (χ0n) is 10.5. The Morgan fingerprint density at radius 2 is 2.06 bits per heavy atom. The van der Waals surface area contributed by atoms with Gasteiger partial charge in [-0.3, -0.25) is 4.79 Å². The Morgan fingerprint density at radius 3 is 2.61 bits per heavy atom. The topological polar surface area (TPSA) is 75.6 Å². The number of aromatic hydroxyl groups is 1. The van der Waals surface area contributed by atoms with Crippen LogP contribution >= 0.6 is 0 Å². The first-order valence-electron chi connectivity index (χ1n) is 5.88. The van der Waals surface area contributed by atoms with Crippen LogP contribution in [0.25, 0.3) is 0 Å². The number of phenolic OH excluding ortho intramolecular Hbond substituents is 1. The van der Waals surface area contributed by atoms with E-state index in [0.717, 1.165) is 6.42 Å². The average molecular weight is 251 g/mol. The summed E-state index contributed by atoms with van der Waals surface area (Å²) >= 11 is 0. The van der Waals surface area contributed by atoms with Gasteiger partial charge in [-0.15, -0.1) is 0 Å². The number of amides is 1. The van der Waals surface area contributed by atoms with E-state index in [1.165, 1.54) is 12.1 Å². The largest absolute Gasteiger partial charge is 0.507 e. The molecule has 1 aromatic carbocycles. The fourth-order valence-electron chi connectivity index (χ4n) is 1.44. The Morgan fingerprint density at radius 1 is 1.33 bits per heavy atom. The molecule has 0 aromatic heterocycles. The van der Waals surface area contributed by atoms with Gasteiger partial charge in [0.1, 0.15) is 11.3 Å². The third-order valence-electron chi connectivity index (χ3n) is 2.25. The lowest BCUT2D eigenvalue weighted by Gasteiger charge is -2.08. The van der Waals surface area contributed by atoms with Crippen molar-refractivity contribution in [1.29, 1.82) is 0 Å². The van der Waals surface area contributed by atoms with Crippen LogP contribution in [0.1, 0.15) is 37.0 Å². The van der Waals surface area contributed by atoms with Crippen molar-refractivity contribution >= 4 is 17.6 Å². The molecule has 0 aliphatic carbocycles. The minimum Gasteiger partial charge on any atom is -0.507 e. The molecule has 5 heteroatoms. The number of hydrogen-bond acceptors (Lipinski definition) is 4. The Balaban J connectivity index is 2.79. The Kier molecular flexibility index (Phi) is 5.17. The highest BCUT2D eigenvalue weighted by Gasteiger charge is 2.13. The summed E-state index contributed by atoms with van der Waals surface area (Å²) in [6.07, 6.45) is 1.17. The van der Waals surface area contributed by atoms with Crippen molar-refractivity contribution in [3.8, 4) is 5.75 Å². The number of carbonyl (C=O) groups excluding carboxylic acids is 2. The maximum atomic E-state index is 11.4. The van der Waals surface area contributed by atoms with Crippen molar-refractivity contribution in [2.24, 2.45) is 0 Å². The van der Waals surface area contributed by atoms with Crippen molar-refractivity contribution in [3.05, 3.63) is 23.8 Å². The van der Waals surface area contributed by atoms with Crippen molar-refractivity contribution < 1.29 is 19.4 Å². The van der Waals surface area contributed by atoms with Gasteiger partial charge in [-0.1, -0.05) is 6.92 Å². The number of rotatable bonds is 5. The molecule has 0 saturated carbocycles. The van der Waals surface area contributed by atoms with Crippen molar-refractivity contribution in [2.45, 2.75) is 26.7 Å². The summed E-state index contributed by atoms with van der Waals surface area (Å²) in [7, 11) is 0. The van der Waals surface area contributed by atoms with Gasteiger partial charge >= 0.3 is 5.97 Å². The molecule has 0 aliphatic heterocycles. The molecule has 5 nitrogen and oxygen atoms in total. The summed E-state index contributed by atoms with van der Waals surface area (Å²) in [5.74, 6) is -0.912. The van der Waals surface area contributed by atoms with Crippen LogP contribution in [0.15, 0.2) is 18.2 Å². The highest BCUT2D eigenvalue weighted by atomic mass is 16.5. The number of nitrogens with one attached hydrogen (secondary N) is 1. The third kappa shape index (κ3) is 3.76. The van der Waals surface area contributed by atoms with Crippen molar-refractivity contribution in [1.82, 2.24) is 0 Å². The number of carbonyl (C=O) groups is 2. The highest BCUT2D eigenvalue weighted by Crippen LogP contribution is 2.22. The molecule has 0 saturated heterocycles. The van der Waals surface area contributed by atoms with Crippen LogP contribution in [-0.4, -0.2) is 23.6 Å². The van der Waals surface area contributed by atoms with Crippen LogP contribution in [0.2, 0.25) is 0 Å². The predicted molar refractivity (Wildman–Crippen MR) is 67.6 cm³/mol. The van der Waals surface area contributed by atoms with Gasteiger partial charge in [0.25, 0.3) is 0 Å². The summed E-state index contributed by atoms with van der Waals surface area (Å²) in [6.45, 7) is 3.84. The number of esters is 1. The monoisotopic (exact) mass is 251 g/mol. The molecular formula is C13H17NO4. The number of ether oxygens (including phenoxy) is 1. The third-order valence-corrected chi connectivity index (χ3v) is 2.25. The second kappa shape index (κ2) is 6.64. The quantitative estimate of drug-likeness (QED) is 0.787. The van der Waals surface area contributed by atoms with Crippen LogP contribution in [0, 0.1) is 0 Å². The average Bonchev–Trinajstić information content (AvgIpc) is 2.29. The fraction of sp³-hybridized carbons (Fsp3) is 0.385. The molecule has 0 heterocycles. The normalized spacial score (nSPS) is 9.89. The predicted octanol–water partition coefficient (Wildman–Crippen LogP) is 2.31. The number of phenols is 1. The molecule has 0 unspecified atom stereocenters. The first-order valence-corrected chi connectivity index (χ1v) is 5.88. The van der Waals surface area contributed by atoms with Gasteiger partial charge in [0.2, 0.25) is 5.91 Å². The first-order chi connectivity index (χ1) is 8.58. The van der Waals surface area contributed by atoms with Crippen LogP contribution in [0.3, 0.4) is 0 Å². The number of anilines is 1. The van der Waals surface area contributed by atoms with Gasteiger partial charge in [0, 0.05) is 18.2 Å². The molecule has 2 N–H and O–H groups in total. The zero-order chi connectivity index (χ0) is 13.5. The first kappa shape index (κ1) is 14.0. The van der Waals surface area contributed by atoms with Gasteiger partial charge in [-0.2, -0.15) is 0 Å². The van der Waals surface area contributed by atoms with E-state index in [1.54, 1.807) is 13.0 Å². The molecule has 0 fully saturated rings. The molecule has 0 bridgehead atoms. The Hall–Kier alpha value is -2.04. The minimum atomic E-state index is -0.582. The van der Waals surface area contributed by atoms with E-state index in [1.807, 2.05) is 6.92 Å². The van der Waals surface area contributed by atoms with Gasteiger partial charge < -0.3 is 15.2 Å². The summed E-state index contributed by atoms with van der Waals surface area (Å²) < 4.78 is 4.78. The van der Waals surface area contributed by atoms with E-state index in [9.17, 15) is 14.7 Å². The van der Waals surface area contributed by atoms with Crippen LogP contribution < -0.4 is 5.32 Å². The maximum absolute atomic E-state index is 11.4. The lowest BCUT2D eigenvalue weighted by atomic mass is 10.1. The standard InChI is InChI=1S/C13H17NO4/c1-3-5-12(16)14-9-6-7-10(11(15)8-9)13(17)18-4-2/h6-8,15H,3-5H2,1-2H3,(H,14,16). The second-order valence-electron chi connectivity index (χ2n) is 3.75. The van der Waals surface area contributed by atoms with E-state index in [0.29, 0.717) is 12.1 Å². The minimum absolute atomic E-state index is 0.0883. The molecule has 98 valence electrons. The fourth-order valence-corrected chi connectivity index (χ4v) is 1.44. The number of hydrogen-bond donors (Lipinski definition) is 2. The van der Waals surface area contributed by atoms with E-state index in [-0.39, 0.29) is 23.8 Å². The van der Waals surface area contributed by atoms with E-state index in [4.69, 9.17) is 4.74 Å². The van der Waals surface area contributed by atoms with Crippen LogP contribution in [0.5, 0.6) is 5.75 Å². The molecule has 0 spiro atoms. The summed E-state index contributed by atoms with van der Waals surface area (Å²) in [6, 6.07) is 4.31. The molecular weight excluding hydrogens is 234 g/mol. The van der Waals surface area contributed by atoms with E-state index < -0.39 is 5.97 Å². The molecule has 0 aliphatic rings.